The Bertz CT molecular complexity index is 1070. The number of alkyl halides is 3. The second-order valence-electron chi connectivity index (χ2n) is 7.18. The molecule has 1 amide bonds. The number of amides is 1. The van der Waals surface area contributed by atoms with E-state index in [-0.39, 0.29) is 29.6 Å². The molecule has 1 saturated heterocycles. The van der Waals surface area contributed by atoms with Gasteiger partial charge in [0.25, 0.3) is 0 Å². The molecule has 0 spiro atoms. The Morgan fingerprint density at radius 1 is 1.40 bits per heavy atom. The zero-order valence-electron chi connectivity index (χ0n) is 16.2. The summed E-state index contributed by atoms with van der Waals surface area (Å²) in [5, 5.41) is 3.23. The van der Waals surface area contributed by atoms with E-state index in [4.69, 9.17) is 4.74 Å². The van der Waals surface area contributed by atoms with Gasteiger partial charge in [0, 0.05) is 55.8 Å². The van der Waals surface area contributed by atoms with Gasteiger partial charge in [-0.2, -0.15) is 13.2 Å². The molecule has 0 saturated carbocycles. The molecule has 0 unspecified atom stereocenters. The Hall–Kier alpha value is -2.73. The Labute approximate surface area is 173 Å². The zero-order chi connectivity index (χ0) is 21.5. The molecular weight excluding hydrogens is 421 g/mol. The maximum atomic E-state index is 12.8. The van der Waals surface area contributed by atoms with Crippen LogP contribution >= 0.6 is 11.3 Å². The summed E-state index contributed by atoms with van der Waals surface area (Å²) >= 11 is 1.42. The highest BCUT2D eigenvalue weighted by molar-refractivity contribution is 7.15. The second-order valence-corrected chi connectivity index (χ2v) is 8.30. The first-order valence-corrected chi connectivity index (χ1v) is 10.0. The topological polar surface area (TPSA) is 84.7 Å². The number of carbonyl (C=O) groups excluding carboxylic acids is 1. The summed E-state index contributed by atoms with van der Waals surface area (Å²) in [6.45, 7) is 4.83. The number of imidazole rings is 1. The van der Waals surface area contributed by atoms with Gasteiger partial charge in [0.1, 0.15) is 18.1 Å². The van der Waals surface area contributed by atoms with Crippen LogP contribution in [0.25, 0.3) is 5.65 Å². The molecule has 160 valence electrons. The van der Waals surface area contributed by atoms with Gasteiger partial charge in [-0.15, -0.1) is 11.3 Å². The molecule has 3 aromatic heterocycles. The highest BCUT2D eigenvalue weighted by Gasteiger charge is 2.34. The molecule has 0 aliphatic carbocycles. The van der Waals surface area contributed by atoms with E-state index < -0.39 is 11.9 Å². The summed E-state index contributed by atoms with van der Waals surface area (Å²) < 4.78 is 45.6. The van der Waals surface area contributed by atoms with E-state index >= 15 is 0 Å². The number of anilines is 1. The average Bonchev–Trinajstić information content (AvgIpc) is 3.34. The molecule has 12 heteroatoms. The Kier molecular flexibility index (Phi) is 5.36. The first-order valence-electron chi connectivity index (χ1n) is 9.22. The number of halogens is 3. The van der Waals surface area contributed by atoms with Crippen molar-refractivity contribution >= 4 is 28.0 Å². The van der Waals surface area contributed by atoms with Crippen molar-refractivity contribution in [2.75, 3.05) is 11.9 Å². The molecule has 3 aromatic rings. The van der Waals surface area contributed by atoms with E-state index in [1.807, 2.05) is 0 Å². The zero-order valence-corrected chi connectivity index (χ0v) is 17.0. The third-order valence-corrected chi connectivity index (χ3v) is 5.66. The third kappa shape index (κ3) is 4.54. The number of carbonyl (C=O) groups is 1. The number of likely N-dealkylation sites (tertiary alicyclic amines) is 1. The van der Waals surface area contributed by atoms with Crippen molar-refractivity contribution in [2.24, 2.45) is 0 Å². The Morgan fingerprint density at radius 2 is 2.20 bits per heavy atom. The molecule has 1 aliphatic heterocycles. The van der Waals surface area contributed by atoms with Gasteiger partial charge in [-0.3, -0.25) is 14.1 Å². The predicted octanol–water partition coefficient (Wildman–Crippen LogP) is 3.20. The van der Waals surface area contributed by atoms with Crippen LogP contribution in [0.3, 0.4) is 0 Å². The quantitative estimate of drug-likeness (QED) is 0.656. The summed E-state index contributed by atoms with van der Waals surface area (Å²) in [7, 11) is 0. The standard InChI is InChI=1S/C18H19F3N6O2S/c1-10-3-12(6-26(10)7-13-5-22-17(30-13)24-11(2)28)29-16-4-15-25-14(18(19,20)21)8-27(15)9-23-16/h4-5,8-10,12H,3,6-7H2,1-2H3,(H,22,24,28)/t10-,12+/m0/s1. The molecule has 0 radical (unpaired) electrons. The molecule has 1 N–H and O–H groups in total. The van der Waals surface area contributed by atoms with Crippen LogP contribution in [0.1, 0.15) is 30.8 Å². The van der Waals surface area contributed by atoms with Crippen molar-refractivity contribution in [1.29, 1.82) is 0 Å². The monoisotopic (exact) mass is 440 g/mol. The van der Waals surface area contributed by atoms with Crippen molar-refractivity contribution in [2.45, 2.75) is 45.1 Å². The van der Waals surface area contributed by atoms with E-state index in [0.717, 1.165) is 17.5 Å². The number of thiazole rings is 1. The van der Waals surface area contributed by atoms with Gasteiger partial charge >= 0.3 is 6.18 Å². The number of nitrogens with zero attached hydrogens (tertiary/aromatic N) is 5. The summed E-state index contributed by atoms with van der Waals surface area (Å²) in [6.07, 6.45) is 0.00891. The minimum Gasteiger partial charge on any atom is -0.473 e. The molecule has 1 fully saturated rings. The molecule has 4 rings (SSSR count). The van der Waals surface area contributed by atoms with Gasteiger partial charge in [-0.05, 0) is 6.92 Å². The Balaban J connectivity index is 1.40. The molecular formula is C18H19F3N6O2S. The van der Waals surface area contributed by atoms with Crippen LogP contribution in [0.4, 0.5) is 18.3 Å². The largest absolute Gasteiger partial charge is 0.473 e. The van der Waals surface area contributed by atoms with Gasteiger partial charge in [-0.25, -0.2) is 15.0 Å². The van der Waals surface area contributed by atoms with E-state index in [1.54, 1.807) is 6.20 Å². The van der Waals surface area contributed by atoms with Crippen LogP contribution in [0, 0.1) is 0 Å². The Morgan fingerprint density at radius 3 is 2.93 bits per heavy atom. The fourth-order valence-electron chi connectivity index (χ4n) is 3.39. The number of hydrogen-bond donors (Lipinski definition) is 1. The van der Waals surface area contributed by atoms with E-state index in [0.29, 0.717) is 18.2 Å². The van der Waals surface area contributed by atoms with Crippen LogP contribution in [0.5, 0.6) is 5.88 Å². The number of nitrogens with one attached hydrogen (secondary N) is 1. The first-order chi connectivity index (χ1) is 14.2. The van der Waals surface area contributed by atoms with Gasteiger partial charge in [0.2, 0.25) is 11.8 Å². The number of rotatable bonds is 5. The van der Waals surface area contributed by atoms with Crippen molar-refractivity contribution in [3.63, 3.8) is 0 Å². The van der Waals surface area contributed by atoms with Gasteiger partial charge in [-0.1, -0.05) is 0 Å². The molecule has 8 nitrogen and oxygen atoms in total. The molecule has 30 heavy (non-hydrogen) atoms. The number of hydrogen-bond acceptors (Lipinski definition) is 7. The molecule has 0 aromatic carbocycles. The highest BCUT2D eigenvalue weighted by Crippen LogP contribution is 2.30. The fourth-order valence-corrected chi connectivity index (χ4v) is 4.27. The minimum atomic E-state index is -4.51. The lowest BCUT2D eigenvalue weighted by Gasteiger charge is -2.19. The van der Waals surface area contributed by atoms with Gasteiger partial charge in [0.05, 0.1) is 0 Å². The van der Waals surface area contributed by atoms with Crippen molar-refractivity contribution in [3.05, 3.63) is 35.4 Å². The van der Waals surface area contributed by atoms with Crippen molar-refractivity contribution in [3.8, 4) is 5.88 Å². The lowest BCUT2D eigenvalue weighted by molar-refractivity contribution is -0.140. The first kappa shape index (κ1) is 20.5. The lowest BCUT2D eigenvalue weighted by Crippen LogP contribution is -2.27. The summed E-state index contributed by atoms with van der Waals surface area (Å²) in [5.74, 6) is 0.0785. The molecule has 1 aliphatic rings. The summed E-state index contributed by atoms with van der Waals surface area (Å²) in [5.41, 5.74) is -0.837. The maximum absolute atomic E-state index is 12.8. The average molecular weight is 440 g/mol. The van der Waals surface area contributed by atoms with Crippen LogP contribution in [0.15, 0.2) is 24.8 Å². The molecule has 4 heterocycles. The van der Waals surface area contributed by atoms with Crippen LogP contribution < -0.4 is 10.1 Å². The highest BCUT2D eigenvalue weighted by atomic mass is 32.1. The van der Waals surface area contributed by atoms with Gasteiger partial charge < -0.3 is 10.1 Å². The second kappa shape index (κ2) is 7.84. The minimum absolute atomic E-state index is 0.130. The maximum Gasteiger partial charge on any atom is 0.434 e. The molecule has 0 bridgehead atoms. The van der Waals surface area contributed by atoms with E-state index in [9.17, 15) is 18.0 Å². The molecule has 2 atom stereocenters. The van der Waals surface area contributed by atoms with Crippen LogP contribution in [-0.2, 0) is 17.5 Å². The van der Waals surface area contributed by atoms with Crippen LogP contribution in [0.2, 0.25) is 0 Å². The predicted molar refractivity (Wildman–Crippen MR) is 103 cm³/mol. The van der Waals surface area contributed by atoms with E-state index in [2.05, 4.69) is 32.1 Å². The van der Waals surface area contributed by atoms with E-state index in [1.165, 1.54) is 35.1 Å². The normalized spacial score (nSPS) is 20.0. The van der Waals surface area contributed by atoms with Crippen molar-refractivity contribution in [1.82, 2.24) is 24.3 Å². The third-order valence-electron chi connectivity index (χ3n) is 4.76. The number of fused-ring (bicyclic) bond motifs is 1. The van der Waals surface area contributed by atoms with Crippen molar-refractivity contribution < 1.29 is 22.7 Å². The lowest BCUT2D eigenvalue weighted by atomic mass is 10.2. The fraction of sp³-hybridized carbons (Fsp3) is 0.444. The number of ether oxygens (including phenoxy) is 1. The summed E-state index contributed by atoms with van der Waals surface area (Å²) in [6, 6.07) is 1.65. The number of aromatic nitrogens is 4. The van der Waals surface area contributed by atoms with Gasteiger partial charge in [0.15, 0.2) is 10.8 Å². The smallest absolute Gasteiger partial charge is 0.434 e. The SMILES string of the molecule is CC(=O)Nc1ncc(CN2C[C@H](Oc3cc4nc(C(F)(F)F)cn4cn3)C[C@@H]2C)s1. The van der Waals surface area contributed by atoms with Crippen LogP contribution in [-0.4, -0.2) is 48.9 Å². The summed E-state index contributed by atoms with van der Waals surface area (Å²) in [4.78, 5) is 26.3.